The molecule has 0 saturated heterocycles. The summed E-state index contributed by atoms with van der Waals surface area (Å²) in [5, 5.41) is 25.2. The number of rotatable bonds is 3. The molecule has 94 valence electrons. The highest BCUT2D eigenvalue weighted by atomic mass is 35.5. The summed E-state index contributed by atoms with van der Waals surface area (Å²) in [4.78, 5) is 11.7. The summed E-state index contributed by atoms with van der Waals surface area (Å²) in [6.07, 6.45) is -1.43. The lowest BCUT2D eigenvalue weighted by atomic mass is 10.1. The molecule has 7 nitrogen and oxygen atoms in total. The number of nitrogens with one attached hydrogen (secondary N) is 2. The molecule has 1 unspecified atom stereocenters. The summed E-state index contributed by atoms with van der Waals surface area (Å²) in [5.41, 5.74) is 0.272. The van der Waals surface area contributed by atoms with Crippen molar-refractivity contribution in [2.24, 2.45) is 0 Å². The zero-order chi connectivity index (χ0) is 13.1. The first-order valence-electron chi connectivity index (χ1n) is 4.74. The Morgan fingerprint density at radius 1 is 1.33 bits per heavy atom. The molecular formula is C9H7Cl2N5O2. The van der Waals surface area contributed by atoms with E-state index in [9.17, 15) is 9.90 Å². The number of aliphatic hydroxyl groups is 1. The number of aromatic amines is 1. The molecule has 0 fully saturated rings. The summed E-state index contributed by atoms with van der Waals surface area (Å²) in [5.74, 6) is -0.748. The first-order chi connectivity index (χ1) is 8.56. The van der Waals surface area contributed by atoms with Crippen LogP contribution in [-0.4, -0.2) is 31.6 Å². The normalized spacial score (nSPS) is 12.2. The Labute approximate surface area is 111 Å². The number of anilines is 1. The van der Waals surface area contributed by atoms with Gasteiger partial charge in [-0.2, -0.15) is 5.21 Å². The third kappa shape index (κ3) is 2.95. The topological polar surface area (TPSA) is 104 Å². The molecule has 9 heteroatoms. The maximum Gasteiger partial charge on any atom is 0.269 e. The van der Waals surface area contributed by atoms with Gasteiger partial charge in [0.05, 0.1) is 0 Å². The number of carbonyl (C=O) groups excluding carboxylic acids is 1. The lowest BCUT2D eigenvalue weighted by Gasteiger charge is -2.10. The lowest BCUT2D eigenvalue weighted by molar-refractivity contribution is -0.124. The molecular weight excluding hydrogens is 281 g/mol. The van der Waals surface area contributed by atoms with Gasteiger partial charge in [-0.3, -0.25) is 10.1 Å². The van der Waals surface area contributed by atoms with E-state index in [0.29, 0.717) is 10.0 Å². The molecule has 3 N–H and O–H groups in total. The van der Waals surface area contributed by atoms with Crippen LogP contribution in [0.5, 0.6) is 0 Å². The van der Waals surface area contributed by atoms with Crippen molar-refractivity contribution < 1.29 is 9.90 Å². The van der Waals surface area contributed by atoms with Gasteiger partial charge >= 0.3 is 0 Å². The van der Waals surface area contributed by atoms with Gasteiger partial charge in [0.15, 0.2) is 6.10 Å². The van der Waals surface area contributed by atoms with E-state index in [1.165, 1.54) is 18.2 Å². The number of nitrogens with zero attached hydrogens (tertiary/aromatic N) is 3. The number of benzene rings is 1. The molecule has 0 aliphatic rings. The third-order valence-corrected chi connectivity index (χ3v) is 2.47. The number of hydrogen-bond acceptors (Lipinski definition) is 5. The first kappa shape index (κ1) is 12.7. The number of halogens is 2. The van der Waals surface area contributed by atoms with Gasteiger partial charge in [0.25, 0.3) is 11.9 Å². The Morgan fingerprint density at radius 2 is 2.00 bits per heavy atom. The molecule has 1 aromatic heterocycles. The zero-order valence-corrected chi connectivity index (χ0v) is 10.3. The van der Waals surface area contributed by atoms with Gasteiger partial charge in [0.2, 0.25) is 0 Å². The summed E-state index contributed by atoms with van der Waals surface area (Å²) in [6, 6.07) is 4.37. The van der Waals surface area contributed by atoms with Crippen molar-refractivity contribution in [3.8, 4) is 0 Å². The van der Waals surface area contributed by atoms with Crippen molar-refractivity contribution in [1.29, 1.82) is 0 Å². The number of aliphatic hydroxyl groups excluding tert-OH is 1. The second-order valence-electron chi connectivity index (χ2n) is 3.33. The van der Waals surface area contributed by atoms with E-state index in [4.69, 9.17) is 23.2 Å². The molecule has 18 heavy (non-hydrogen) atoms. The van der Waals surface area contributed by atoms with E-state index in [2.05, 4.69) is 25.9 Å². The van der Waals surface area contributed by atoms with Crippen molar-refractivity contribution in [3.63, 3.8) is 0 Å². The SMILES string of the molecule is O=C(Nc1nn[nH]n1)C(O)c1cc(Cl)cc(Cl)c1. The predicted molar refractivity (Wildman–Crippen MR) is 64.2 cm³/mol. The van der Waals surface area contributed by atoms with Gasteiger partial charge in [-0.15, -0.1) is 5.10 Å². The number of tetrazole rings is 1. The van der Waals surface area contributed by atoms with Gasteiger partial charge in [-0.05, 0) is 29.0 Å². The second-order valence-corrected chi connectivity index (χ2v) is 4.20. The molecule has 0 saturated carbocycles. The highest BCUT2D eigenvalue weighted by Gasteiger charge is 2.19. The van der Waals surface area contributed by atoms with E-state index in [0.717, 1.165) is 0 Å². The van der Waals surface area contributed by atoms with Crippen LogP contribution < -0.4 is 5.32 Å². The van der Waals surface area contributed by atoms with Crippen LogP contribution in [0.2, 0.25) is 10.0 Å². The Hall–Kier alpha value is -1.70. The van der Waals surface area contributed by atoms with Crippen LogP contribution in [0, 0.1) is 0 Å². The maximum atomic E-state index is 11.7. The molecule has 0 spiro atoms. The van der Waals surface area contributed by atoms with E-state index in [1.807, 2.05) is 0 Å². The Balaban J connectivity index is 2.15. The number of carbonyl (C=O) groups is 1. The largest absolute Gasteiger partial charge is 0.378 e. The van der Waals surface area contributed by atoms with Gasteiger partial charge in [0, 0.05) is 10.0 Å². The molecule has 1 aromatic carbocycles. The van der Waals surface area contributed by atoms with Crippen LogP contribution >= 0.6 is 23.2 Å². The predicted octanol–water partition coefficient (Wildman–Crippen LogP) is 1.18. The Kier molecular flexibility index (Phi) is 3.75. The minimum Gasteiger partial charge on any atom is -0.378 e. The van der Waals surface area contributed by atoms with Crippen molar-refractivity contribution in [3.05, 3.63) is 33.8 Å². The summed E-state index contributed by atoms with van der Waals surface area (Å²) < 4.78 is 0. The van der Waals surface area contributed by atoms with Crippen molar-refractivity contribution in [1.82, 2.24) is 20.6 Å². The number of hydrogen-bond donors (Lipinski definition) is 3. The molecule has 0 aliphatic carbocycles. The van der Waals surface area contributed by atoms with E-state index in [1.54, 1.807) is 0 Å². The van der Waals surface area contributed by atoms with Crippen LogP contribution in [-0.2, 0) is 4.79 Å². The minimum atomic E-state index is -1.43. The highest BCUT2D eigenvalue weighted by molar-refractivity contribution is 6.34. The molecule has 1 atom stereocenters. The van der Waals surface area contributed by atoms with Gasteiger partial charge < -0.3 is 5.11 Å². The monoisotopic (exact) mass is 287 g/mol. The Morgan fingerprint density at radius 3 is 2.56 bits per heavy atom. The fourth-order valence-corrected chi connectivity index (χ4v) is 1.82. The Bertz CT molecular complexity index is 540. The molecule has 1 amide bonds. The summed E-state index contributed by atoms with van der Waals surface area (Å²) >= 11 is 11.5. The quantitative estimate of drug-likeness (QED) is 0.786. The molecule has 0 aliphatic heterocycles. The summed E-state index contributed by atoms with van der Waals surface area (Å²) in [6.45, 7) is 0. The molecule has 0 radical (unpaired) electrons. The van der Waals surface area contributed by atoms with Crippen LogP contribution in [0.3, 0.4) is 0 Å². The standard InChI is InChI=1S/C9H7Cl2N5O2/c10-5-1-4(2-6(11)3-5)7(17)8(18)12-9-13-15-16-14-9/h1-3,7,17H,(H2,12,13,14,15,16,18). The van der Waals surface area contributed by atoms with Crippen molar-refractivity contribution in [2.45, 2.75) is 6.10 Å². The van der Waals surface area contributed by atoms with Crippen molar-refractivity contribution in [2.75, 3.05) is 5.32 Å². The fourth-order valence-electron chi connectivity index (χ4n) is 1.28. The van der Waals surface area contributed by atoms with Crippen LogP contribution in [0.1, 0.15) is 11.7 Å². The zero-order valence-electron chi connectivity index (χ0n) is 8.76. The van der Waals surface area contributed by atoms with Gasteiger partial charge in [-0.25, -0.2) is 0 Å². The van der Waals surface area contributed by atoms with E-state index >= 15 is 0 Å². The van der Waals surface area contributed by atoms with Crippen molar-refractivity contribution >= 4 is 35.1 Å². The molecule has 2 aromatic rings. The molecule has 2 rings (SSSR count). The summed E-state index contributed by atoms with van der Waals surface area (Å²) in [7, 11) is 0. The average Bonchev–Trinajstić information content (AvgIpc) is 2.79. The smallest absolute Gasteiger partial charge is 0.269 e. The molecule has 0 bridgehead atoms. The lowest BCUT2D eigenvalue weighted by Crippen LogP contribution is -2.21. The van der Waals surface area contributed by atoms with Gasteiger partial charge in [-0.1, -0.05) is 28.3 Å². The number of amides is 1. The van der Waals surface area contributed by atoms with Crippen LogP contribution in [0.4, 0.5) is 5.95 Å². The van der Waals surface area contributed by atoms with Crippen LogP contribution in [0.15, 0.2) is 18.2 Å². The second kappa shape index (κ2) is 5.30. The minimum absolute atomic E-state index is 0.0350. The maximum absolute atomic E-state index is 11.7. The number of H-pyrrole nitrogens is 1. The third-order valence-electron chi connectivity index (χ3n) is 2.03. The van der Waals surface area contributed by atoms with Gasteiger partial charge in [0.1, 0.15) is 0 Å². The highest BCUT2D eigenvalue weighted by Crippen LogP contribution is 2.24. The fraction of sp³-hybridized carbons (Fsp3) is 0.111. The first-order valence-corrected chi connectivity index (χ1v) is 5.50. The van der Waals surface area contributed by atoms with E-state index < -0.39 is 12.0 Å². The molecule has 1 heterocycles. The number of aromatic nitrogens is 4. The van der Waals surface area contributed by atoms with Crippen LogP contribution in [0.25, 0.3) is 0 Å². The average molecular weight is 288 g/mol. The van der Waals surface area contributed by atoms with E-state index in [-0.39, 0.29) is 11.5 Å².